The van der Waals surface area contributed by atoms with E-state index in [4.69, 9.17) is 16.3 Å². The SMILES string of the molecule is COc1ccccc1NS(=O)(=O)c1cc(NS(=O)(=O)c2ccc(F)cc2F)ccc1Cl. The Kier molecular flexibility index (Phi) is 6.39. The first-order valence-corrected chi connectivity index (χ1v) is 11.8. The number of hydrogen-bond donors (Lipinski definition) is 2. The fourth-order valence-corrected chi connectivity index (χ4v) is 5.31. The van der Waals surface area contributed by atoms with Crippen LogP contribution in [0.1, 0.15) is 0 Å². The van der Waals surface area contributed by atoms with Gasteiger partial charge in [-0.3, -0.25) is 9.44 Å². The van der Waals surface area contributed by atoms with Crippen LogP contribution in [0.2, 0.25) is 5.02 Å². The first kappa shape index (κ1) is 22.8. The molecule has 0 aliphatic heterocycles. The van der Waals surface area contributed by atoms with Crippen LogP contribution < -0.4 is 14.2 Å². The fourth-order valence-electron chi connectivity index (χ4n) is 2.60. The first-order chi connectivity index (χ1) is 14.5. The smallest absolute Gasteiger partial charge is 0.264 e. The summed E-state index contributed by atoms with van der Waals surface area (Å²) in [5.74, 6) is -1.99. The number of ether oxygens (including phenoxy) is 1. The fraction of sp³-hybridized carbons (Fsp3) is 0.0526. The van der Waals surface area contributed by atoms with Gasteiger partial charge >= 0.3 is 0 Å². The van der Waals surface area contributed by atoms with E-state index in [-0.39, 0.29) is 22.1 Å². The molecule has 0 aromatic heterocycles. The number of hydrogen-bond acceptors (Lipinski definition) is 5. The summed E-state index contributed by atoms with van der Waals surface area (Å²) in [6, 6.07) is 11.5. The molecule has 12 heteroatoms. The maximum absolute atomic E-state index is 13.9. The van der Waals surface area contributed by atoms with Crippen molar-refractivity contribution in [3.63, 3.8) is 0 Å². The van der Waals surface area contributed by atoms with Crippen molar-refractivity contribution >= 4 is 43.0 Å². The molecule has 0 bridgehead atoms. The van der Waals surface area contributed by atoms with E-state index in [0.717, 1.165) is 24.3 Å². The third-order valence-corrected chi connectivity index (χ3v) is 7.27. The first-order valence-electron chi connectivity index (χ1n) is 8.47. The van der Waals surface area contributed by atoms with Gasteiger partial charge in [0.05, 0.1) is 23.5 Å². The topological polar surface area (TPSA) is 102 Å². The van der Waals surface area contributed by atoms with Gasteiger partial charge in [-0.2, -0.15) is 0 Å². The minimum atomic E-state index is -4.48. The molecule has 0 aliphatic carbocycles. The lowest BCUT2D eigenvalue weighted by Gasteiger charge is -2.14. The molecule has 31 heavy (non-hydrogen) atoms. The van der Waals surface area contributed by atoms with Gasteiger partial charge in [0.1, 0.15) is 27.2 Å². The van der Waals surface area contributed by atoms with Gasteiger partial charge in [-0.05, 0) is 42.5 Å². The van der Waals surface area contributed by atoms with Crippen LogP contribution in [0.15, 0.2) is 70.5 Å². The summed E-state index contributed by atoms with van der Waals surface area (Å²) in [7, 11) is -7.36. The molecule has 0 spiro atoms. The van der Waals surface area contributed by atoms with Crippen LogP contribution in [0.5, 0.6) is 5.75 Å². The predicted molar refractivity (Wildman–Crippen MR) is 112 cm³/mol. The van der Waals surface area contributed by atoms with Crippen LogP contribution in [0.4, 0.5) is 20.2 Å². The van der Waals surface area contributed by atoms with Crippen molar-refractivity contribution in [3.05, 3.63) is 77.3 Å². The third kappa shape index (κ3) is 5.06. The monoisotopic (exact) mass is 488 g/mol. The summed E-state index contributed by atoms with van der Waals surface area (Å²) in [6.07, 6.45) is 0. The highest BCUT2D eigenvalue weighted by atomic mass is 35.5. The van der Waals surface area contributed by atoms with Gasteiger partial charge in [0.2, 0.25) is 0 Å². The van der Waals surface area contributed by atoms with E-state index < -0.39 is 41.5 Å². The highest BCUT2D eigenvalue weighted by Crippen LogP contribution is 2.31. The van der Waals surface area contributed by atoms with Crippen molar-refractivity contribution in [2.24, 2.45) is 0 Å². The second-order valence-electron chi connectivity index (χ2n) is 6.13. The largest absolute Gasteiger partial charge is 0.495 e. The minimum absolute atomic E-state index is 0.139. The molecule has 3 aromatic rings. The quantitative estimate of drug-likeness (QED) is 0.518. The molecule has 0 unspecified atom stereocenters. The zero-order chi connectivity index (χ0) is 22.8. The predicted octanol–water partition coefficient (Wildman–Crippen LogP) is 4.23. The molecule has 0 radical (unpaired) electrons. The van der Waals surface area contributed by atoms with Gasteiger partial charge in [0.15, 0.2) is 0 Å². The lowest BCUT2D eigenvalue weighted by Crippen LogP contribution is -2.17. The van der Waals surface area contributed by atoms with Gasteiger partial charge in [-0.25, -0.2) is 25.6 Å². The summed E-state index contributed by atoms with van der Waals surface area (Å²) in [4.78, 5) is -1.24. The van der Waals surface area contributed by atoms with Crippen LogP contribution >= 0.6 is 11.6 Å². The molecular formula is C19H15ClF2N2O5S2. The van der Waals surface area contributed by atoms with Crippen molar-refractivity contribution in [2.45, 2.75) is 9.79 Å². The molecule has 164 valence electrons. The van der Waals surface area contributed by atoms with E-state index in [0.29, 0.717) is 6.07 Å². The lowest BCUT2D eigenvalue weighted by molar-refractivity contribution is 0.417. The van der Waals surface area contributed by atoms with Crippen LogP contribution in [0, 0.1) is 11.6 Å². The molecule has 0 fully saturated rings. The molecule has 0 atom stereocenters. The Bertz CT molecular complexity index is 1350. The molecule has 0 saturated carbocycles. The zero-order valence-corrected chi connectivity index (χ0v) is 18.2. The van der Waals surface area contributed by atoms with Crippen molar-refractivity contribution in [2.75, 3.05) is 16.6 Å². The number of para-hydroxylation sites is 2. The molecule has 0 saturated heterocycles. The van der Waals surface area contributed by atoms with Gasteiger partial charge in [-0.1, -0.05) is 23.7 Å². The van der Waals surface area contributed by atoms with Crippen LogP contribution in [-0.4, -0.2) is 23.9 Å². The number of benzene rings is 3. The summed E-state index contributed by atoms with van der Waals surface area (Å²) < 4.78 is 87.1. The molecule has 0 heterocycles. The minimum Gasteiger partial charge on any atom is -0.495 e. The van der Waals surface area contributed by atoms with E-state index in [1.165, 1.54) is 19.2 Å². The maximum Gasteiger partial charge on any atom is 0.264 e. The molecule has 2 N–H and O–H groups in total. The molecule has 3 aromatic carbocycles. The summed E-state index contributed by atoms with van der Waals surface area (Å²) in [6.45, 7) is 0. The second-order valence-corrected chi connectivity index (χ2v) is 9.84. The van der Waals surface area contributed by atoms with Gasteiger partial charge < -0.3 is 4.74 Å². The Morgan fingerprint density at radius 1 is 0.839 bits per heavy atom. The summed E-state index contributed by atoms with van der Waals surface area (Å²) in [5, 5.41) is -0.182. The van der Waals surface area contributed by atoms with Crippen LogP contribution in [-0.2, 0) is 20.0 Å². The number of anilines is 2. The molecular weight excluding hydrogens is 474 g/mol. The van der Waals surface area contributed by atoms with Gasteiger partial charge in [0, 0.05) is 6.07 Å². The molecule has 0 aliphatic rings. The number of sulfonamides is 2. The van der Waals surface area contributed by atoms with Crippen molar-refractivity contribution in [1.29, 1.82) is 0 Å². The molecule has 3 rings (SSSR count). The van der Waals surface area contributed by atoms with E-state index in [9.17, 15) is 25.6 Å². The van der Waals surface area contributed by atoms with Crippen molar-refractivity contribution in [1.82, 2.24) is 0 Å². The lowest BCUT2D eigenvalue weighted by atomic mass is 10.3. The average Bonchev–Trinajstić information content (AvgIpc) is 2.69. The van der Waals surface area contributed by atoms with E-state index in [1.807, 2.05) is 0 Å². The Balaban J connectivity index is 1.96. The van der Waals surface area contributed by atoms with Crippen LogP contribution in [0.25, 0.3) is 0 Å². The number of halogens is 3. The number of methoxy groups -OCH3 is 1. The zero-order valence-electron chi connectivity index (χ0n) is 15.8. The normalized spacial score (nSPS) is 11.7. The highest BCUT2D eigenvalue weighted by molar-refractivity contribution is 7.93. The summed E-state index contributed by atoms with van der Waals surface area (Å²) in [5.41, 5.74) is -0.0611. The molecule has 0 amide bonds. The van der Waals surface area contributed by atoms with Gasteiger partial charge in [-0.15, -0.1) is 0 Å². The third-order valence-electron chi connectivity index (χ3n) is 4.01. The number of rotatable bonds is 7. The average molecular weight is 489 g/mol. The van der Waals surface area contributed by atoms with Crippen molar-refractivity contribution < 1.29 is 30.4 Å². The van der Waals surface area contributed by atoms with E-state index in [2.05, 4.69) is 9.44 Å². The van der Waals surface area contributed by atoms with Crippen molar-refractivity contribution in [3.8, 4) is 5.75 Å². The maximum atomic E-state index is 13.9. The Morgan fingerprint density at radius 3 is 2.19 bits per heavy atom. The van der Waals surface area contributed by atoms with Crippen LogP contribution in [0.3, 0.4) is 0 Å². The van der Waals surface area contributed by atoms with E-state index >= 15 is 0 Å². The standard InChI is InChI=1S/C19H15ClF2N2O5S2/c1-29-17-5-3-2-4-16(17)24-31(27,28)19-11-13(7-8-14(19)20)23-30(25,26)18-9-6-12(21)10-15(18)22/h2-11,23-24H,1H3. The summed E-state index contributed by atoms with van der Waals surface area (Å²) >= 11 is 6.02. The van der Waals surface area contributed by atoms with Gasteiger partial charge in [0.25, 0.3) is 20.0 Å². The Morgan fingerprint density at radius 2 is 1.52 bits per heavy atom. The molecule has 7 nitrogen and oxygen atoms in total. The van der Waals surface area contributed by atoms with E-state index in [1.54, 1.807) is 18.2 Å². The Hall–Kier alpha value is -2.89. The second kappa shape index (κ2) is 8.69. The number of nitrogens with one attached hydrogen (secondary N) is 2. The highest BCUT2D eigenvalue weighted by Gasteiger charge is 2.23. The Labute approximate surface area is 182 Å².